The smallest absolute Gasteiger partial charge is 0.269 e. The molecule has 0 bridgehead atoms. The van der Waals surface area contributed by atoms with Crippen LogP contribution in [-0.2, 0) is 21.4 Å². The summed E-state index contributed by atoms with van der Waals surface area (Å²) in [4.78, 5) is 27.0. The Morgan fingerprint density at radius 3 is 2.12 bits per heavy atom. The molecule has 1 saturated carbocycles. The molecule has 1 saturated heterocycles. The zero-order valence-electron chi connectivity index (χ0n) is 19.3. The molecule has 182 valence electrons. The van der Waals surface area contributed by atoms with Crippen molar-refractivity contribution in [3.05, 3.63) is 65.7 Å². The summed E-state index contributed by atoms with van der Waals surface area (Å²) in [5.74, 6) is -0.698. The van der Waals surface area contributed by atoms with Crippen LogP contribution in [0.25, 0.3) is 0 Å². The average Bonchev–Trinajstić information content (AvgIpc) is 2.88. The van der Waals surface area contributed by atoms with Crippen molar-refractivity contribution in [2.45, 2.75) is 43.5 Å². The number of hydrogen-bond acceptors (Lipinski definition) is 5. The molecule has 2 aromatic carbocycles. The number of sulfonamides is 1. The van der Waals surface area contributed by atoms with E-state index in [0.717, 1.165) is 38.6 Å². The van der Waals surface area contributed by atoms with Crippen molar-refractivity contribution in [1.29, 1.82) is 0 Å². The molecule has 8 nitrogen and oxygen atoms in total. The highest BCUT2D eigenvalue weighted by Crippen LogP contribution is 2.23. The summed E-state index contributed by atoms with van der Waals surface area (Å²) in [7, 11) is -3.64. The van der Waals surface area contributed by atoms with Gasteiger partial charge in [-0.25, -0.2) is 8.42 Å². The first-order valence-electron chi connectivity index (χ1n) is 11.9. The highest BCUT2D eigenvalue weighted by atomic mass is 32.2. The van der Waals surface area contributed by atoms with Gasteiger partial charge in [-0.3, -0.25) is 25.3 Å². The summed E-state index contributed by atoms with van der Waals surface area (Å²) < 4.78 is 27.6. The fourth-order valence-electron chi connectivity index (χ4n) is 4.55. The Kier molecular flexibility index (Phi) is 7.97. The number of hydrogen-bond donors (Lipinski definition) is 2. The highest BCUT2D eigenvalue weighted by Gasteiger charge is 2.28. The molecule has 0 radical (unpaired) electrons. The molecular weight excluding hydrogens is 452 g/mol. The second kappa shape index (κ2) is 11.1. The monoisotopic (exact) mass is 484 g/mol. The van der Waals surface area contributed by atoms with Crippen molar-refractivity contribution in [1.82, 2.24) is 20.1 Å². The second-order valence-electron chi connectivity index (χ2n) is 8.97. The van der Waals surface area contributed by atoms with Crippen LogP contribution in [0.4, 0.5) is 0 Å². The normalized spacial score (nSPS) is 18.4. The van der Waals surface area contributed by atoms with Crippen molar-refractivity contribution in [2.75, 3.05) is 26.2 Å². The average molecular weight is 485 g/mol. The maximum Gasteiger partial charge on any atom is 0.269 e. The molecule has 4 rings (SSSR count). The van der Waals surface area contributed by atoms with E-state index in [4.69, 9.17) is 0 Å². The first-order chi connectivity index (χ1) is 16.4. The quantitative estimate of drug-likeness (QED) is 0.614. The van der Waals surface area contributed by atoms with E-state index in [9.17, 15) is 18.0 Å². The first kappa shape index (κ1) is 24.4. The largest absolute Gasteiger partial charge is 0.296 e. The third-order valence-electron chi connectivity index (χ3n) is 6.61. The number of rotatable bonds is 6. The molecule has 2 amide bonds. The molecule has 0 spiro atoms. The SMILES string of the molecule is O=C(NNC(=O)C1CCCCC1)c1ccc(S(=O)(=O)N2CCN(Cc3ccccc3)CC2)cc1. The Bertz CT molecular complexity index is 1080. The van der Waals surface area contributed by atoms with E-state index in [2.05, 4.69) is 27.9 Å². The lowest BCUT2D eigenvalue weighted by molar-refractivity contribution is -0.126. The molecule has 2 aliphatic rings. The third kappa shape index (κ3) is 6.02. The van der Waals surface area contributed by atoms with Gasteiger partial charge in [0.1, 0.15) is 0 Å². The topological polar surface area (TPSA) is 98.8 Å². The first-order valence-corrected chi connectivity index (χ1v) is 13.3. The van der Waals surface area contributed by atoms with Crippen LogP contribution in [-0.4, -0.2) is 55.6 Å². The molecule has 1 aliphatic carbocycles. The molecule has 1 heterocycles. The Hall–Kier alpha value is -2.75. The fourth-order valence-corrected chi connectivity index (χ4v) is 5.98. The number of benzene rings is 2. The molecule has 0 aromatic heterocycles. The maximum absolute atomic E-state index is 13.1. The van der Waals surface area contributed by atoms with E-state index < -0.39 is 15.9 Å². The minimum Gasteiger partial charge on any atom is -0.296 e. The molecule has 2 aromatic rings. The number of carbonyl (C=O) groups is 2. The maximum atomic E-state index is 13.1. The summed E-state index contributed by atoms with van der Waals surface area (Å²) >= 11 is 0. The molecule has 1 aliphatic heterocycles. The van der Waals surface area contributed by atoms with Gasteiger partial charge in [-0.15, -0.1) is 0 Å². The predicted octanol–water partition coefficient (Wildman–Crippen LogP) is 2.53. The Morgan fingerprint density at radius 1 is 0.824 bits per heavy atom. The van der Waals surface area contributed by atoms with Crippen LogP contribution in [0.15, 0.2) is 59.5 Å². The number of amides is 2. The van der Waals surface area contributed by atoms with Gasteiger partial charge in [0.05, 0.1) is 4.90 Å². The molecule has 2 N–H and O–H groups in total. The van der Waals surface area contributed by atoms with Crippen molar-refractivity contribution in [2.24, 2.45) is 5.92 Å². The number of nitrogens with zero attached hydrogens (tertiary/aromatic N) is 2. The molecule has 0 unspecified atom stereocenters. The lowest BCUT2D eigenvalue weighted by Crippen LogP contribution is -2.48. The van der Waals surface area contributed by atoms with E-state index in [1.165, 1.54) is 34.1 Å². The third-order valence-corrected chi connectivity index (χ3v) is 8.52. The van der Waals surface area contributed by atoms with Gasteiger partial charge in [0.2, 0.25) is 15.9 Å². The van der Waals surface area contributed by atoms with Crippen LogP contribution in [0.5, 0.6) is 0 Å². The van der Waals surface area contributed by atoms with E-state index in [-0.39, 0.29) is 22.3 Å². The molecular formula is C25H32N4O4S. The van der Waals surface area contributed by atoms with E-state index in [1.54, 1.807) is 0 Å². The van der Waals surface area contributed by atoms with Gasteiger partial charge in [-0.05, 0) is 42.7 Å². The lowest BCUT2D eigenvalue weighted by atomic mass is 9.89. The van der Waals surface area contributed by atoms with Gasteiger partial charge in [-0.2, -0.15) is 4.31 Å². The number of nitrogens with one attached hydrogen (secondary N) is 2. The minimum absolute atomic E-state index is 0.0604. The molecule has 2 fully saturated rings. The highest BCUT2D eigenvalue weighted by molar-refractivity contribution is 7.89. The molecule has 34 heavy (non-hydrogen) atoms. The summed E-state index contributed by atoms with van der Waals surface area (Å²) in [5.41, 5.74) is 6.44. The van der Waals surface area contributed by atoms with Crippen LogP contribution >= 0.6 is 0 Å². The van der Waals surface area contributed by atoms with Gasteiger partial charge in [0.25, 0.3) is 5.91 Å². The van der Waals surface area contributed by atoms with Crippen molar-refractivity contribution in [3.63, 3.8) is 0 Å². The molecule has 0 atom stereocenters. The van der Waals surface area contributed by atoms with E-state index in [0.29, 0.717) is 26.2 Å². The zero-order chi connectivity index (χ0) is 24.0. The van der Waals surface area contributed by atoms with Gasteiger partial charge in [0, 0.05) is 44.2 Å². The van der Waals surface area contributed by atoms with Crippen LogP contribution in [0.2, 0.25) is 0 Å². The van der Waals surface area contributed by atoms with Gasteiger partial charge in [-0.1, -0.05) is 49.6 Å². The van der Waals surface area contributed by atoms with Gasteiger partial charge >= 0.3 is 0 Å². The standard InChI is InChI=1S/C25H32N4O4S/c30-24(21-9-5-2-6-10-21)26-27-25(31)22-11-13-23(14-12-22)34(32,33)29-17-15-28(16-18-29)19-20-7-3-1-4-8-20/h1,3-4,7-8,11-14,21H,2,5-6,9-10,15-19H2,(H,26,30)(H,27,31). The van der Waals surface area contributed by atoms with Crippen molar-refractivity contribution < 1.29 is 18.0 Å². The van der Waals surface area contributed by atoms with Crippen LogP contribution in [0.1, 0.15) is 48.0 Å². The summed E-state index contributed by atoms with van der Waals surface area (Å²) in [6.45, 7) is 2.97. The van der Waals surface area contributed by atoms with E-state index >= 15 is 0 Å². The molecule has 9 heteroatoms. The fraction of sp³-hybridized carbons (Fsp3) is 0.440. The predicted molar refractivity (Wildman–Crippen MR) is 129 cm³/mol. The Labute approximate surface area is 201 Å². The van der Waals surface area contributed by atoms with E-state index in [1.807, 2.05) is 18.2 Å². The zero-order valence-corrected chi connectivity index (χ0v) is 20.1. The summed E-state index contributed by atoms with van der Waals surface area (Å²) in [5, 5.41) is 0. The van der Waals surface area contributed by atoms with Gasteiger partial charge in [0.15, 0.2) is 0 Å². The number of hydrazine groups is 1. The summed E-state index contributed by atoms with van der Waals surface area (Å²) in [6, 6.07) is 16.0. The van der Waals surface area contributed by atoms with Crippen molar-refractivity contribution in [3.8, 4) is 0 Å². The van der Waals surface area contributed by atoms with Gasteiger partial charge < -0.3 is 0 Å². The Morgan fingerprint density at radius 2 is 1.47 bits per heavy atom. The van der Waals surface area contributed by atoms with Crippen LogP contribution in [0, 0.1) is 5.92 Å². The second-order valence-corrected chi connectivity index (χ2v) is 10.9. The van der Waals surface area contributed by atoms with Crippen LogP contribution in [0.3, 0.4) is 0 Å². The number of carbonyl (C=O) groups excluding carboxylic acids is 2. The Balaban J connectivity index is 1.29. The number of piperazine rings is 1. The summed E-state index contributed by atoms with van der Waals surface area (Å²) in [6.07, 6.45) is 4.90. The van der Waals surface area contributed by atoms with Crippen molar-refractivity contribution >= 4 is 21.8 Å². The lowest BCUT2D eigenvalue weighted by Gasteiger charge is -2.34. The van der Waals surface area contributed by atoms with Crippen LogP contribution < -0.4 is 10.9 Å². The minimum atomic E-state index is -3.64.